The molecule has 3 N–H and O–H groups in total. The summed E-state index contributed by atoms with van der Waals surface area (Å²) in [6.45, 7) is 3.69. The lowest BCUT2D eigenvalue weighted by molar-refractivity contribution is 0.319. The van der Waals surface area contributed by atoms with Crippen molar-refractivity contribution in [2.75, 3.05) is 24.2 Å². The average molecular weight is 276 g/mol. The first-order valence-corrected chi connectivity index (χ1v) is 7.46. The Bertz CT molecular complexity index is 497. The zero-order valence-electron chi connectivity index (χ0n) is 11.2. The summed E-state index contributed by atoms with van der Waals surface area (Å²) >= 11 is 1.79. The van der Waals surface area contributed by atoms with Gasteiger partial charge in [-0.2, -0.15) is 0 Å². The Hall–Kier alpha value is -1.68. The van der Waals surface area contributed by atoms with E-state index in [1.165, 1.54) is 4.88 Å². The van der Waals surface area contributed by atoms with Gasteiger partial charge in [0.15, 0.2) is 0 Å². The van der Waals surface area contributed by atoms with Crippen LogP contribution < -0.4 is 15.8 Å². The van der Waals surface area contributed by atoms with Crippen molar-refractivity contribution in [2.24, 2.45) is 0 Å². The number of hydrogen-bond donors (Lipinski definition) is 2. The van der Waals surface area contributed by atoms with Crippen LogP contribution in [0.3, 0.4) is 0 Å². The van der Waals surface area contributed by atoms with Gasteiger partial charge in [0, 0.05) is 23.2 Å². The molecule has 4 heteroatoms. The maximum absolute atomic E-state index is 5.88. The van der Waals surface area contributed by atoms with Crippen molar-refractivity contribution in [3.8, 4) is 5.75 Å². The number of rotatable bonds is 7. The molecule has 2 aromatic rings. The van der Waals surface area contributed by atoms with E-state index >= 15 is 0 Å². The summed E-state index contributed by atoms with van der Waals surface area (Å²) < 4.78 is 5.62. The highest BCUT2D eigenvalue weighted by Gasteiger charge is 2.02. The first-order valence-electron chi connectivity index (χ1n) is 6.58. The Balaban J connectivity index is 1.89. The lowest BCUT2D eigenvalue weighted by Crippen LogP contribution is -2.05. The van der Waals surface area contributed by atoms with Crippen LogP contribution in [0, 0.1) is 0 Å². The van der Waals surface area contributed by atoms with Crippen LogP contribution in [0.15, 0.2) is 35.7 Å². The molecule has 1 aromatic heterocycles. The van der Waals surface area contributed by atoms with Gasteiger partial charge in [0.05, 0.1) is 12.3 Å². The molecule has 1 aromatic carbocycles. The molecule has 0 bridgehead atoms. The molecule has 0 spiro atoms. The molecule has 0 aliphatic rings. The highest BCUT2D eigenvalue weighted by molar-refractivity contribution is 7.09. The molecule has 19 heavy (non-hydrogen) atoms. The first-order chi connectivity index (χ1) is 9.29. The van der Waals surface area contributed by atoms with Crippen molar-refractivity contribution >= 4 is 22.7 Å². The van der Waals surface area contributed by atoms with Gasteiger partial charge in [-0.25, -0.2) is 0 Å². The van der Waals surface area contributed by atoms with E-state index in [9.17, 15) is 0 Å². The lowest BCUT2D eigenvalue weighted by atomic mass is 10.2. The maximum atomic E-state index is 5.88. The van der Waals surface area contributed by atoms with Crippen LogP contribution in [0.25, 0.3) is 0 Å². The highest BCUT2D eigenvalue weighted by Crippen LogP contribution is 2.25. The summed E-state index contributed by atoms with van der Waals surface area (Å²) in [4.78, 5) is 1.39. The molecular weight excluding hydrogens is 256 g/mol. The van der Waals surface area contributed by atoms with E-state index in [-0.39, 0.29) is 0 Å². The fourth-order valence-electron chi connectivity index (χ4n) is 1.77. The zero-order valence-corrected chi connectivity index (χ0v) is 12.0. The highest BCUT2D eigenvalue weighted by atomic mass is 32.1. The maximum Gasteiger partial charge on any atom is 0.144 e. The number of nitrogens with one attached hydrogen (secondary N) is 1. The number of benzene rings is 1. The monoisotopic (exact) mass is 276 g/mol. The van der Waals surface area contributed by atoms with Gasteiger partial charge in [0.25, 0.3) is 0 Å². The third-order valence-corrected chi connectivity index (χ3v) is 3.69. The smallest absolute Gasteiger partial charge is 0.144 e. The second-order valence-electron chi connectivity index (χ2n) is 4.36. The standard InChI is InChI=1S/C15H20N2OS/c1-2-9-18-15-11-12(5-6-14(15)16)17-8-7-13-4-3-10-19-13/h3-6,10-11,17H,2,7-9,16H2,1H3. The molecule has 0 aliphatic carbocycles. The van der Waals surface area contributed by atoms with Crippen molar-refractivity contribution in [3.63, 3.8) is 0 Å². The number of anilines is 2. The van der Waals surface area contributed by atoms with E-state index in [2.05, 4.69) is 29.8 Å². The van der Waals surface area contributed by atoms with Crippen molar-refractivity contribution in [1.29, 1.82) is 0 Å². The molecule has 102 valence electrons. The topological polar surface area (TPSA) is 47.3 Å². The van der Waals surface area contributed by atoms with Crippen molar-refractivity contribution in [2.45, 2.75) is 19.8 Å². The van der Waals surface area contributed by atoms with Crippen LogP contribution in [0.2, 0.25) is 0 Å². The second-order valence-corrected chi connectivity index (χ2v) is 5.39. The Morgan fingerprint density at radius 2 is 2.21 bits per heavy atom. The first kappa shape index (κ1) is 13.7. The summed E-state index contributed by atoms with van der Waals surface area (Å²) in [6.07, 6.45) is 2.02. The molecule has 0 amide bonds. The van der Waals surface area contributed by atoms with Crippen LogP contribution in [-0.4, -0.2) is 13.2 Å². The van der Waals surface area contributed by atoms with Crippen molar-refractivity contribution < 1.29 is 4.74 Å². The third-order valence-electron chi connectivity index (χ3n) is 2.76. The summed E-state index contributed by atoms with van der Waals surface area (Å²) in [6, 6.07) is 10.1. The fraction of sp³-hybridized carbons (Fsp3) is 0.333. The molecule has 0 fully saturated rings. The van der Waals surface area contributed by atoms with E-state index in [0.29, 0.717) is 12.3 Å². The minimum absolute atomic E-state index is 0.692. The van der Waals surface area contributed by atoms with Gasteiger partial charge in [-0.15, -0.1) is 11.3 Å². The van der Waals surface area contributed by atoms with Gasteiger partial charge in [0.2, 0.25) is 0 Å². The Kier molecular flexibility index (Phi) is 5.10. The van der Waals surface area contributed by atoms with Gasteiger partial charge in [-0.05, 0) is 36.4 Å². The summed E-state index contributed by atoms with van der Waals surface area (Å²) in [5, 5.41) is 5.50. The van der Waals surface area contributed by atoms with E-state index in [1.54, 1.807) is 11.3 Å². The summed E-state index contributed by atoms with van der Waals surface area (Å²) in [5.41, 5.74) is 7.63. The minimum atomic E-state index is 0.692. The van der Waals surface area contributed by atoms with E-state index in [1.807, 2.05) is 18.2 Å². The quantitative estimate of drug-likeness (QED) is 0.757. The number of nitrogen functional groups attached to an aromatic ring is 1. The third kappa shape index (κ3) is 4.17. The van der Waals surface area contributed by atoms with Crippen molar-refractivity contribution in [3.05, 3.63) is 40.6 Å². The van der Waals surface area contributed by atoms with Crippen LogP contribution in [-0.2, 0) is 6.42 Å². The molecule has 1 heterocycles. The van der Waals surface area contributed by atoms with E-state index in [4.69, 9.17) is 10.5 Å². The Morgan fingerprint density at radius 1 is 1.32 bits per heavy atom. The normalized spacial score (nSPS) is 10.4. The SMILES string of the molecule is CCCOc1cc(NCCc2cccs2)ccc1N. The molecule has 0 radical (unpaired) electrons. The van der Waals surface area contributed by atoms with Crippen molar-refractivity contribution in [1.82, 2.24) is 0 Å². The predicted molar refractivity (Wildman–Crippen MR) is 83.2 cm³/mol. The average Bonchev–Trinajstić information content (AvgIpc) is 2.92. The van der Waals surface area contributed by atoms with E-state index in [0.717, 1.165) is 30.8 Å². The predicted octanol–water partition coefficient (Wildman–Crippen LogP) is 3.77. The van der Waals surface area contributed by atoms with Crippen LogP contribution in [0.1, 0.15) is 18.2 Å². The zero-order chi connectivity index (χ0) is 13.5. The molecule has 0 saturated heterocycles. The Morgan fingerprint density at radius 3 is 2.95 bits per heavy atom. The number of nitrogens with two attached hydrogens (primary N) is 1. The largest absolute Gasteiger partial charge is 0.491 e. The number of ether oxygens (including phenoxy) is 1. The second kappa shape index (κ2) is 7.04. The van der Waals surface area contributed by atoms with Gasteiger partial charge < -0.3 is 15.8 Å². The molecule has 0 aliphatic heterocycles. The molecule has 0 atom stereocenters. The number of thiophene rings is 1. The molecule has 0 unspecified atom stereocenters. The molecule has 2 rings (SSSR count). The Labute approximate surface area is 118 Å². The van der Waals surface area contributed by atoms with Gasteiger partial charge in [-0.3, -0.25) is 0 Å². The van der Waals surface area contributed by atoms with Gasteiger partial charge in [0.1, 0.15) is 5.75 Å². The number of hydrogen-bond acceptors (Lipinski definition) is 4. The van der Waals surface area contributed by atoms with Gasteiger partial charge >= 0.3 is 0 Å². The summed E-state index contributed by atoms with van der Waals surface area (Å²) in [5.74, 6) is 0.767. The van der Waals surface area contributed by atoms with Gasteiger partial charge in [-0.1, -0.05) is 13.0 Å². The van der Waals surface area contributed by atoms with Crippen LogP contribution in [0.4, 0.5) is 11.4 Å². The van der Waals surface area contributed by atoms with E-state index < -0.39 is 0 Å². The molecule has 0 saturated carbocycles. The molecular formula is C15H20N2OS. The van der Waals surface area contributed by atoms with Crippen LogP contribution in [0.5, 0.6) is 5.75 Å². The fourth-order valence-corrected chi connectivity index (χ4v) is 2.48. The minimum Gasteiger partial charge on any atom is -0.491 e. The molecule has 3 nitrogen and oxygen atoms in total. The van der Waals surface area contributed by atoms with Crippen LogP contribution >= 0.6 is 11.3 Å². The lowest BCUT2D eigenvalue weighted by Gasteiger charge is -2.11. The summed E-state index contributed by atoms with van der Waals surface area (Å²) in [7, 11) is 0.